The van der Waals surface area contributed by atoms with Gasteiger partial charge in [0.25, 0.3) is 5.89 Å². The second kappa shape index (κ2) is 6.09. The molecule has 1 aromatic carbocycles. The van der Waals surface area contributed by atoms with E-state index in [4.69, 9.17) is 16.1 Å². The summed E-state index contributed by atoms with van der Waals surface area (Å²) >= 11 is 10.9. The van der Waals surface area contributed by atoms with Gasteiger partial charge in [-0.1, -0.05) is 38.8 Å². The second-order valence-electron chi connectivity index (χ2n) is 4.09. The van der Waals surface area contributed by atoms with Crippen LogP contribution < -0.4 is 0 Å². The van der Waals surface area contributed by atoms with E-state index in [-0.39, 0.29) is 16.7 Å². The van der Waals surface area contributed by atoms with E-state index in [0.29, 0.717) is 15.9 Å². The van der Waals surface area contributed by atoms with E-state index in [1.54, 1.807) is 12.1 Å². The molecule has 0 N–H and O–H groups in total. The van der Waals surface area contributed by atoms with Crippen LogP contribution in [0.4, 0.5) is 4.39 Å². The quantitative estimate of drug-likeness (QED) is 0.603. The molecule has 0 amide bonds. The molecule has 3 nitrogen and oxygen atoms in total. The minimum atomic E-state index is -0.389. The van der Waals surface area contributed by atoms with Gasteiger partial charge in [0.1, 0.15) is 10.8 Å². The standard InChI is InChI=1S/C14H7BrClFN2OS/c15-10-2-1-8(12(17)6-10)5-11(16)14-18-13(19-20-14)9-3-4-21-7-9/h1-7H/b11-5-. The maximum atomic E-state index is 13.8. The van der Waals surface area contributed by atoms with Crippen molar-refractivity contribution in [3.63, 3.8) is 0 Å². The number of thiophene rings is 1. The van der Waals surface area contributed by atoms with Crippen molar-refractivity contribution in [2.45, 2.75) is 0 Å². The zero-order chi connectivity index (χ0) is 14.8. The van der Waals surface area contributed by atoms with Crippen molar-refractivity contribution in [1.82, 2.24) is 10.1 Å². The van der Waals surface area contributed by atoms with Gasteiger partial charge >= 0.3 is 0 Å². The van der Waals surface area contributed by atoms with Crippen LogP contribution in [0.15, 0.2) is 44.0 Å². The van der Waals surface area contributed by atoms with Crippen molar-refractivity contribution >= 4 is 50.0 Å². The van der Waals surface area contributed by atoms with Gasteiger partial charge in [-0.05, 0) is 29.7 Å². The zero-order valence-corrected chi connectivity index (χ0v) is 13.5. The lowest BCUT2D eigenvalue weighted by Crippen LogP contribution is -1.84. The first-order valence-corrected chi connectivity index (χ1v) is 7.94. The molecule has 0 unspecified atom stereocenters. The van der Waals surface area contributed by atoms with Crippen LogP contribution in [0.5, 0.6) is 0 Å². The Balaban J connectivity index is 1.91. The van der Waals surface area contributed by atoms with Gasteiger partial charge < -0.3 is 4.52 Å². The number of benzene rings is 1. The van der Waals surface area contributed by atoms with E-state index in [1.807, 2.05) is 16.8 Å². The molecular weight excluding hydrogens is 379 g/mol. The van der Waals surface area contributed by atoms with E-state index < -0.39 is 0 Å². The predicted molar refractivity (Wildman–Crippen MR) is 85.4 cm³/mol. The van der Waals surface area contributed by atoms with Gasteiger partial charge in [-0.2, -0.15) is 16.3 Å². The average Bonchev–Trinajstić information content (AvgIpc) is 3.10. The lowest BCUT2D eigenvalue weighted by molar-refractivity contribution is 0.410. The van der Waals surface area contributed by atoms with E-state index in [1.165, 1.54) is 23.5 Å². The van der Waals surface area contributed by atoms with E-state index in [9.17, 15) is 4.39 Å². The van der Waals surface area contributed by atoms with E-state index in [2.05, 4.69) is 26.1 Å². The maximum absolute atomic E-state index is 13.8. The van der Waals surface area contributed by atoms with Crippen molar-refractivity contribution < 1.29 is 8.91 Å². The van der Waals surface area contributed by atoms with E-state index in [0.717, 1.165) is 5.56 Å². The fourth-order valence-electron chi connectivity index (χ4n) is 1.65. The monoisotopic (exact) mass is 384 g/mol. The van der Waals surface area contributed by atoms with Gasteiger partial charge in [-0.15, -0.1) is 0 Å². The summed E-state index contributed by atoms with van der Waals surface area (Å²) in [5.74, 6) is 0.217. The molecule has 2 aromatic heterocycles. The lowest BCUT2D eigenvalue weighted by atomic mass is 10.2. The normalized spacial score (nSPS) is 11.9. The van der Waals surface area contributed by atoms with Gasteiger partial charge in [0, 0.05) is 21.0 Å². The summed E-state index contributed by atoms with van der Waals surface area (Å²) in [5, 5.41) is 7.86. The molecule has 0 fully saturated rings. The Labute approximate surface area is 137 Å². The molecule has 0 aliphatic heterocycles. The maximum Gasteiger partial charge on any atom is 0.269 e. The van der Waals surface area contributed by atoms with Gasteiger partial charge in [0.15, 0.2) is 0 Å². The number of nitrogens with zero attached hydrogens (tertiary/aromatic N) is 2. The number of halogens is 3. The van der Waals surface area contributed by atoms with Crippen LogP contribution in [0.25, 0.3) is 22.5 Å². The molecule has 21 heavy (non-hydrogen) atoms. The largest absolute Gasteiger partial charge is 0.333 e. The zero-order valence-electron chi connectivity index (χ0n) is 10.4. The highest BCUT2D eigenvalue weighted by atomic mass is 79.9. The van der Waals surface area contributed by atoms with Gasteiger partial charge in [-0.25, -0.2) is 4.39 Å². The summed E-state index contributed by atoms with van der Waals surface area (Å²) in [6.07, 6.45) is 1.45. The minimum absolute atomic E-state index is 0.153. The number of hydrogen-bond donors (Lipinski definition) is 0. The number of rotatable bonds is 3. The molecule has 0 aliphatic carbocycles. The van der Waals surface area contributed by atoms with Crippen molar-refractivity contribution in [3.05, 3.63) is 56.8 Å². The Morgan fingerprint density at radius 3 is 2.95 bits per heavy atom. The summed E-state index contributed by atoms with van der Waals surface area (Å²) in [5.41, 5.74) is 1.20. The molecule has 3 aromatic rings. The molecule has 7 heteroatoms. The van der Waals surface area contributed by atoms with Crippen molar-refractivity contribution in [3.8, 4) is 11.4 Å². The molecule has 0 saturated heterocycles. The summed E-state index contributed by atoms with van der Waals surface area (Å²) in [4.78, 5) is 4.19. The fourth-order valence-corrected chi connectivity index (χ4v) is 2.81. The third kappa shape index (κ3) is 3.23. The predicted octanol–water partition coefficient (Wildman–Crippen LogP) is 5.44. The Morgan fingerprint density at radius 2 is 2.24 bits per heavy atom. The summed E-state index contributed by atoms with van der Waals surface area (Å²) in [6, 6.07) is 6.58. The van der Waals surface area contributed by atoms with Crippen LogP contribution >= 0.6 is 38.9 Å². The van der Waals surface area contributed by atoms with Gasteiger partial charge in [-0.3, -0.25) is 0 Å². The van der Waals surface area contributed by atoms with Crippen molar-refractivity contribution in [2.24, 2.45) is 0 Å². The molecule has 2 heterocycles. The fraction of sp³-hybridized carbons (Fsp3) is 0. The van der Waals surface area contributed by atoms with Crippen LogP contribution in [-0.2, 0) is 0 Å². The Hall–Kier alpha value is -1.50. The first-order chi connectivity index (χ1) is 10.1. The highest BCUT2D eigenvalue weighted by molar-refractivity contribution is 9.10. The topological polar surface area (TPSA) is 38.9 Å². The summed E-state index contributed by atoms with van der Waals surface area (Å²) in [7, 11) is 0. The highest BCUT2D eigenvalue weighted by Gasteiger charge is 2.12. The van der Waals surface area contributed by atoms with Gasteiger partial charge in [0.05, 0.1) is 0 Å². The summed E-state index contributed by atoms with van der Waals surface area (Å²) < 4.78 is 19.5. The van der Waals surface area contributed by atoms with Crippen LogP contribution in [0.3, 0.4) is 0 Å². The van der Waals surface area contributed by atoms with Crippen LogP contribution in [0.1, 0.15) is 11.5 Å². The average molecular weight is 386 g/mol. The number of hydrogen-bond acceptors (Lipinski definition) is 4. The molecule has 106 valence electrons. The summed E-state index contributed by atoms with van der Waals surface area (Å²) in [6.45, 7) is 0. The van der Waals surface area contributed by atoms with E-state index >= 15 is 0 Å². The van der Waals surface area contributed by atoms with Crippen LogP contribution in [-0.4, -0.2) is 10.1 Å². The second-order valence-corrected chi connectivity index (χ2v) is 6.20. The third-order valence-electron chi connectivity index (χ3n) is 2.65. The smallest absolute Gasteiger partial charge is 0.269 e. The lowest BCUT2D eigenvalue weighted by Gasteiger charge is -1.98. The molecule has 3 rings (SSSR count). The highest BCUT2D eigenvalue weighted by Crippen LogP contribution is 2.26. The SMILES string of the molecule is Fc1cc(Br)ccc1/C=C(\Cl)c1nc(-c2ccsc2)no1. The Bertz CT molecular complexity index is 801. The molecule has 0 saturated carbocycles. The van der Waals surface area contributed by atoms with Crippen molar-refractivity contribution in [2.75, 3.05) is 0 Å². The molecule has 0 radical (unpaired) electrons. The Kier molecular flexibility index (Phi) is 4.19. The number of aromatic nitrogens is 2. The molecule has 0 bridgehead atoms. The molecule has 0 spiro atoms. The van der Waals surface area contributed by atoms with Crippen LogP contribution in [0.2, 0.25) is 0 Å². The van der Waals surface area contributed by atoms with Crippen molar-refractivity contribution in [1.29, 1.82) is 0 Å². The van der Waals surface area contributed by atoms with Crippen LogP contribution in [0, 0.1) is 5.82 Å². The molecule has 0 atom stereocenters. The van der Waals surface area contributed by atoms with Gasteiger partial charge in [0.2, 0.25) is 5.82 Å². The Morgan fingerprint density at radius 1 is 1.38 bits per heavy atom. The minimum Gasteiger partial charge on any atom is -0.333 e. The third-order valence-corrected chi connectivity index (χ3v) is 4.10. The first-order valence-electron chi connectivity index (χ1n) is 5.82. The first kappa shape index (κ1) is 14.4. The molecular formula is C14H7BrClFN2OS. The molecule has 0 aliphatic rings.